The third kappa shape index (κ3) is 2.83. The molecule has 6 rings (SSSR count). The molecule has 0 saturated heterocycles. The summed E-state index contributed by atoms with van der Waals surface area (Å²) in [5.41, 5.74) is -0.101. The van der Waals surface area contributed by atoms with Crippen LogP contribution in [0.3, 0.4) is 0 Å². The molecule has 2 N–H and O–H groups in total. The van der Waals surface area contributed by atoms with E-state index in [4.69, 9.17) is 12.2 Å². The molecule has 0 heterocycles. The third-order valence-electron chi connectivity index (χ3n) is 8.54. The van der Waals surface area contributed by atoms with Crippen molar-refractivity contribution in [2.45, 2.75) is 77.2 Å². The van der Waals surface area contributed by atoms with Crippen molar-refractivity contribution in [1.29, 1.82) is 0 Å². The molecule has 0 aromatic carbocycles. The van der Waals surface area contributed by atoms with Gasteiger partial charge in [0.05, 0.1) is 5.41 Å². The summed E-state index contributed by atoms with van der Waals surface area (Å²) in [6.45, 7) is 2.26. The number of carbonyl (C=O) groups excluding carboxylic acids is 1. The SMILES string of the molecule is C[C@H](NC(=S)NC(=O)C12CC3CC(CC(C3)C1)C2)[C@H]1C[C@H]2CC[C@H]1C2. The van der Waals surface area contributed by atoms with E-state index >= 15 is 0 Å². The zero-order valence-electron chi connectivity index (χ0n) is 15.4. The minimum Gasteiger partial charge on any atom is -0.360 e. The first kappa shape index (κ1) is 16.5. The number of thiocarbonyl (C=S) groups is 1. The highest BCUT2D eigenvalue weighted by molar-refractivity contribution is 7.80. The second-order valence-electron chi connectivity index (χ2n) is 10.3. The Morgan fingerprint density at radius 2 is 1.60 bits per heavy atom. The van der Waals surface area contributed by atoms with Gasteiger partial charge in [-0.05, 0) is 112 Å². The molecule has 0 unspecified atom stereocenters. The molecular formula is C21H32N2OS. The van der Waals surface area contributed by atoms with E-state index in [2.05, 4.69) is 17.6 Å². The van der Waals surface area contributed by atoms with Gasteiger partial charge < -0.3 is 10.6 Å². The van der Waals surface area contributed by atoms with Crippen LogP contribution in [0, 0.1) is 40.9 Å². The van der Waals surface area contributed by atoms with Crippen LogP contribution >= 0.6 is 12.2 Å². The summed E-state index contributed by atoms with van der Waals surface area (Å²) in [7, 11) is 0. The standard InChI is InChI=1S/C21H32N2OS/c1-12(18-8-13-2-3-17(18)7-13)22-20(25)23-19(24)21-9-14-4-15(10-21)6-16(5-14)11-21/h12-18H,2-11H2,1H3,(H2,22,23,24,25)/t12-,13-,14?,15?,16?,17-,18+,21?/m0/s1. The Kier molecular flexibility index (Phi) is 3.92. The maximum Gasteiger partial charge on any atom is 0.232 e. The zero-order chi connectivity index (χ0) is 17.2. The first-order valence-corrected chi connectivity index (χ1v) is 11.0. The first-order valence-electron chi connectivity index (χ1n) is 10.6. The number of hydrogen-bond acceptors (Lipinski definition) is 2. The molecule has 0 aromatic rings. The molecule has 6 saturated carbocycles. The summed E-state index contributed by atoms with van der Waals surface area (Å²) in [4.78, 5) is 13.1. The highest BCUT2D eigenvalue weighted by atomic mass is 32.1. The van der Waals surface area contributed by atoms with Gasteiger partial charge in [0.25, 0.3) is 0 Å². The van der Waals surface area contributed by atoms with Gasteiger partial charge >= 0.3 is 0 Å². The predicted octanol–water partition coefficient (Wildman–Crippen LogP) is 4.02. The second kappa shape index (κ2) is 5.94. The highest BCUT2D eigenvalue weighted by Gasteiger charge is 2.54. The Morgan fingerprint density at radius 3 is 2.12 bits per heavy atom. The van der Waals surface area contributed by atoms with Gasteiger partial charge in [-0.15, -0.1) is 0 Å². The summed E-state index contributed by atoms with van der Waals surface area (Å²) >= 11 is 5.54. The van der Waals surface area contributed by atoms with E-state index in [1.807, 2.05) is 0 Å². The summed E-state index contributed by atoms with van der Waals surface area (Å²) < 4.78 is 0. The van der Waals surface area contributed by atoms with Crippen molar-refractivity contribution in [3.05, 3.63) is 0 Å². The summed E-state index contributed by atoms with van der Waals surface area (Å²) in [6.07, 6.45) is 13.0. The molecule has 0 aliphatic heterocycles. The van der Waals surface area contributed by atoms with Gasteiger partial charge in [0, 0.05) is 6.04 Å². The second-order valence-corrected chi connectivity index (χ2v) is 10.7. The molecule has 4 heteroatoms. The lowest BCUT2D eigenvalue weighted by Gasteiger charge is -2.55. The van der Waals surface area contributed by atoms with E-state index in [1.54, 1.807) is 0 Å². The molecule has 6 aliphatic carbocycles. The predicted molar refractivity (Wildman–Crippen MR) is 103 cm³/mol. The molecule has 4 atom stereocenters. The average Bonchev–Trinajstić information content (AvgIpc) is 3.16. The molecule has 0 aromatic heterocycles. The van der Waals surface area contributed by atoms with E-state index in [0.717, 1.165) is 54.8 Å². The van der Waals surface area contributed by atoms with Crippen LogP contribution in [-0.2, 0) is 4.79 Å². The maximum atomic E-state index is 13.1. The third-order valence-corrected chi connectivity index (χ3v) is 8.76. The van der Waals surface area contributed by atoms with Gasteiger partial charge in [-0.1, -0.05) is 6.42 Å². The molecule has 138 valence electrons. The fourth-order valence-electron chi connectivity index (χ4n) is 7.88. The largest absolute Gasteiger partial charge is 0.360 e. The van der Waals surface area contributed by atoms with E-state index in [0.29, 0.717) is 11.2 Å². The van der Waals surface area contributed by atoms with Crippen LogP contribution in [0.25, 0.3) is 0 Å². The Bertz CT molecular complexity index is 553. The van der Waals surface area contributed by atoms with Crippen molar-refractivity contribution in [3.8, 4) is 0 Å². The molecular weight excluding hydrogens is 328 g/mol. The molecule has 6 fully saturated rings. The van der Waals surface area contributed by atoms with Gasteiger partial charge in [0.15, 0.2) is 5.11 Å². The lowest BCUT2D eigenvalue weighted by molar-refractivity contribution is -0.144. The topological polar surface area (TPSA) is 41.1 Å². The normalized spacial score (nSPS) is 47.7. The Hall–Kier alpha value is -0.640. The zero-order valence-corrected chi connectivity index (χ0v) is 16.2. The number of fused-ring (bicyclic) bond motifs is 2. The van der Waals surface area contributed by atoms with E-state index in [1.165, 1.54) is 44.9 Å². The maximum absolute atomic E-state index is 13.1. The van der Waals surface area contributed by atoms with Crippen LogP contribution < -0.4 is 10.6 Å². The smallest absolute Gasteiger partial charge is 0.232 e. The molecule has 6 bridgehead atoms. The summed E-state index contributed by atoms with van der Waals surface area (Å²) in [5, 5.41) is 7.17. The minimum atomic E-state index is -0.101. The molecule has 25 heavy (non-hydrogen) atoms. The lowest BCUT2D eigenvalue weighted by atomic mass is 9.49. The Morgan fingerprint density at radius 1 is 0.960 bits per heavy atom. The molecule has 1 amide bonds. The van der Waals surface area contributed by atoms with Crippen molar-refractivity contribution < 1.29 is 4.79 Å². The molecule has 0 spiro atoms. The summed E-state index contributed by atoms with van der Waals surface area (Å²) in [6, 6.07) is 0.388. The van der Waals surface area contributed by atoms with Crippen molar-refractivity contribution in [2.75, 3.05) is 0 Å². The number of rotatable bonds is 3. The first-order chi connectivity index (χ1) is 12.0. The van der Waals surface area contributed by atoms with Gasteiger partial charge in [-0.3, -0.25) is 4.79 Å². The molecule has 6 aliphatic rings. The van der Waals surface area contributed by atoms with Gasteiger partial charge in [-0.25, -0.2) is 0 Å². The fraction of sp³-hybridized carbons (Fsp3) is 0.905. The average molecular weight is 361 g/mol. The highest BCUT2D eigenvalue weighted by Crippen LogP contribution is 2.60. The van der Waals surface area contributed by atoms with Crippen LogP contribution in [-0.4, -0.2) is 17.1 Å². The number of hydrogen-bond donors (Lipinski definition) is 2. The van der Waals surface area contributed by atoms with Crippen LogP contribution in [0.15, 0.2) is 0 Å². The van der Waals surface area contributed by atoms with Crippen molar-refractivity contribution >= 4 is 23.2 Å². The van der Waals surface area contributed by atoms with E-state index < -0.39 is 0 Å². The van der Waals surface area contributed by atoms with Crippen molar-refractivity contribution in [3.63, 3.8) is 0 Å². The number of amides is 1. The Labute approximate surface area is 157 Å². The summed E-state index contributed by atoms with van der Waals surface area (Å²) in [5.74, 6) is 5.20. The Balaban J connectivity index is 1.19. The van der Waals surface area contributed by atoms with Crippen molar-refractivity contribution in [2.24, 2.45) is 40.9 Å². The number of carbonyl (C=O) groups is 1. The van der Waals surface area contributed by atoms with Crippen LogP contribution in [0.4, 0.5) is 0 Å². The van der Waals surface area contributed by atoms with Crippen molar-refractivity contribution in [1.82, 2.24) is 10.6 Å². The van der Waals surface area contributed by atoms with Gasteiger partial charge in [0.2, 0.25) is 5.91 Å². The monoisotopic (exact) mass is 360 g/mol. The lowest BCUT2D eigenvalue weighted by Crippen LogP contribution is -2.56. The van der Waals surface area contributed by atoms with Crippen LogP contribution in [0.1, 0.15) is 71.1 Å². The molecule has 3 nitrogen and oxygen atoms in total. The number of nitrogens with one attached hydrogen (secondary N) is 2. The van der Waals surface area contributed by atoms with E-state index in [-0.39, 0.29) is 11.3 Å². The minimum absolute atomic E-state index is 0.101. The van der Waals surface area contributed by atoms with Gasteiger partial charge in [-0.2, -0.15) is 0 Å². The quantitative estimate of drug-likeness (QED) is 0.747. The van der Waals surface area contributed by atoms with Crippen LogP contribution in [0.2, 0.25) is 0 Å². The van der Waals surface area contributed by atoms with E-state index in [9.17, 15) is 4.79 Å². The fourth-order valence-corrected chi connectivity index (χ4v) is 8.16. The molecule has 0 radical (unpaired) electrons. The van der Waals surface area contributed by atoms with Crippen LogP contribution in [0.5, 0.6) is 0 Å². The van der Waals surface area contributed by atoms with Gasteiger partial charge in [0.1, 0.15) is 0 Å².